The van der Waals surface area contributed by atoms with E-state index in [0.717, 1.165) is 0 Å². The Morgan fingerprint density at radius 3 is 1.62 bits per heavy atom. The molecule has 0 spiro atoms. The standard InChI is InChI=1S/C10H11Br3.C8H10/c1-6-4-5-9(10(11,12)13)8(3)7(6)2;1-7-4-3-5-8(2)6-7/h4-5H,1-3H3;3-6H,1-2H3. The molecule has 2 rings (SSSR count). The quantitative estimate of drug-likeness (QED) is 0.352. The summed E-state index contributed by atoms with van der Waals surface area (Å²) in [7, 11) is 0. The first kappa shape index (κ1) is 18.9. The van der Waals surface area contributed by atoms with Gasteiger partial charge >= 0.3 is 0 Å². The van der Waals surface area contributed by atoms with E-state index in [1.165, 1.54) is 33.4 Å². The molecule has 2 aromatic rings. The van der Waals surface area contributed by atoms with Gasteiger partial charge in [-0.3, -0.25) is 0 Å². The topological polar surface area (TPSA) is 0 Å². The monoisotopic (exact) mass is 474 g/mol. The van der Waals surface area contributed by atoms with Gasteiger partial charge in [0, 0.05) is 0 Å². The minimum Gasteiger partial charge on any atom is -0.0617 e. The smallest absolute Gasteiger partial charge is 0.0617 e. The Bertz CT molecular complexity index is 593. The summed E-state index contributed by atoms with van der Waals surface area (Å²) >= 11 is 10.6. The van der Waals surface area contributed by atoms with Crippen LogP contribution in [0.5, 0.6) is 0 Å². The third-order valence-corrected chi connectivity index (χ3v) is 4.82. The van der Waals surface area contributed by atoms with Gasteiger partial charge in [-0.15, -0.1) is 0 Å². The predicted molar refractivity (Wildman–Crippen MR) is 105 cm³/mol. The van der Waals surface area contributed by atoms with E-state index in [4.69, 9.17) is 0 Å². The average molecular weight is 477 g/mol. The van der Waals surface area contributed by atoms with E-state index < -0.39 is 0 Å². The molecule has 0 radical (unpaired) electrons. The summed E-state index contributed by atoms with van der Waals surface area (Å²) in [6.07, 6.45) is 0. The molecule has 0 heterocycles. The van der Waals surface area contributed by atoms with E-state index in [9.17, 15) is 0 Å². The van der Waals surface area contributed by atoms with Gasteiger partial charge in [0.25, 0.3) is 0 Å². The fourth-order valence-corrected chi connectivity index (χ4v) is 3.36. The van der Waals surface area contributed by atoms with Crippen LogP contribution in [0.25, 0.3) is 0 Å². The highest BCUT2D eigenvalue weighted by Gasteiger charge is 2.23. The zero-order chi connectivity index (χ0) is 16.2. The molecule has 2 aromatic carbocycles. The third-order valence-electron chi connectivity index (χ3n) is 3.54. The summed E-state index contributed by atoms with van der Waals surface area (Å²) < 4.78 is -0.296. The van der Waals surface area contributed by atoms with Crippen LogP contribution in [-0.2, 0) is 2.14 Å². The van der Waals surface area contributed by atoms with Gasteiger partial charge in [-0.25, -0.2) is 0 Å². The van der Waals surface area contributed by atoms with Crippen molar-refractivity contribution >= 4 is 47.8 Å². The molecule has 0 amide bonds. The van der Waals surface area contributed by atoms with Crippen LogP contribution in [0.1, 0.15) is 33.4 Å². The SMILES string of the molecule is Cc1ccc(C(Br)(Br)Br)c(C)c1C.Cc1cccc(C)c1. The lowest BCUT2D eigenvalue weighted by Crippen LogP contribution is -2.03. The van der Waals surface area contributed by atoms with Crippen LogP contribution in [0.4, 0.5) is 0 Å². The molecule has 0 unspecified atom stereocenters. The van der Waals surface area contributed by atoms with E-state index in [1.807, 2.05) is 0 Å². The Hall–Kier alpha value is -0.120. The minimum absolute atomic E-state index is 0.296. The van der Waals surface area contributed by atoms with Crippen LogP contribution >= 0.6 is 47.8 Å². The lowest BCUT2D eigenvalue weighted by molar-refractivity contribution is 1.19. The van der Waals surface area contributed by atoms with Crippen molar-refractivity contribution in [3.63, 3.8) is 0 Å². The van der Waals surface area contributed by atoms with Crippen molar-refractivity contribution in [1.29, 1.82) is 0 Å². The van der Waals surface area contributed by atoms with E-state index in [1.54, 1.807) is 0 Å². The molecule has 0 aliphatic heterocycles. The fourth-order valence-electron chi connectivity index (χ4n) is 2.07. The van der Waals surface area contributed by atoms with E-state index >= 15 is 0 Å². The number of alkyl halides is 3. The van der Waals surface area contributed by atoms with Crippen LogP contribution in [0.3, 0.4) is 0 Å². The fraction of sp³-hybridized carbons (Fsp3) is 0.333. The summed E-state index contributed by atoms with van der Waals surface area (Å²) in [4.78, 5) is 0. The maximum Gasteiger partial charge on any atom is 0.160 e. The van der Waals surface area contributed by atoms with Gasteiger partial charge in [-0.05, 0) is 56.9 Å². The van der Waals surface area contributed by atoms with Crippen LogP contribution in [-0.4, -0.2) is 0 Å². The Balaban J connectivity index is 0.000000235. The second-order valence-corrected chi connectivity index (χ2v) is 12.1. The second kappa shape index (κ2) is 7.94. The zero-order valence-electron chi connectivity index (χ0n) is 13.1. The third kappa shape index (κ3) is 5.88. The Morgan fingerprint density at radius 1 is 0.714 bits per heavy atom. The number of hydrogen-bond acceptors (Lipinski definition) is 0. The minimum atomic E-state index is -0.296. The van der Waals surface area contributed by atoms with Gasteiger partial charge < -0.3 is 0 Å². The van der Waals surface area contributed by atoms with Gasteiger partial charge in [0.15, 0.2) is 2.14 Å². The molecule has 0 aliphatic rings. The maximum atomic E-state index is 3.53. The highest BCUT2D eigenvalue weighted by Crippen LogP contribution is 2.46. The van der Waals surface area contributed by atoms with Crippen molar-refractivity contribution in [3.05, 3.63) is 69.8 Å². The Kier molecular flexibility index (Phi) is 7.15. The van der Waals surface area contributed by atoms with E-state index in [2.05, 4.69) is 119 Å². The summed E-state index contributed by atoms with van der Waals surface area (Å²) in [5.74, 6) is 0. The molecule has 0 atom stereocenters. The predicted octanol–water partition coefficient (Wildman–Crippen LogP) is 7.21. The molecule has 114 valence electrons. The average Bonchev–Trinajstić information content (AvgIpc) is 2.35. The molecule has 0 saturated carbocycles. The number of rotatable bonds is 0. The lowest BCUT2D eigenvalue weighted by Gasteiger charge is -2.18. The van der Waals surface area contributed by atoms with Crippen LogP contribution in [0.2, 0.25) is 0 Å². The molecule has 0 N–H and O–H groups in total. The largest absolute Gasteiger partial charge is 0.160 e. The Labute approximate surface area is 153 Å². The molecule has 0 aromatic heterocycles. The van der Waals surface area contributed by atoms with Gasteiger partial charge in [0.2, 0.25) is 0 Å². The normalized spacial score (nSPS) is 10.9. The molecule has 0 nitrogen and oxygen atoms in total. The number of aryl methyl sites for hydroxylation is 3. The summed E-state index contributed by atoms with van der Waals surface area (Å²) in [5, 5.41) is 0. The van der Waals surface area contributed by atoms with Crippen molar-refractivity contribution in [2.75, 3.05) is 0 Å². The summed E-state index contributed by atoms with van der Waals surface area (Å²) in [5.41, 5.74) is 7.88. The van der Waals surface area contributed by atoms with Crippen molar-refractivity contribution in [1.82, 2.24) is 0 Å². The van der Waals surface area contributed by atoms with Crippen molar-refractivity contribution in [2.45, 2.75) is 36.8 Å². The number of hydrogen-bond donors (Lipinski definition) is 0. The molecule has 0 bridgehead atoms. The molecular formula is C18H21Br3. The van der Waals surface area contributed by atoms with Crippen molar-refractivity contribution in [3.8, 4) is 0 Å². The van der Waals surface area contributed by atoms with Crippen LogP contribution < -0.4 is 0 Å². The lowest BCUT2D eigenvalue weighted by atomic mass is 10.00. The molecule has 3 heteroatoms. The van der Waals surface area contributed by atoms with E-state index in [0.29, 0.717) is 0 Å². The van der Waals surface area contributed by atoms with Gasteiger partial charge in [0.05, 0.1) is 0 Å². The summed E-state index contributed by atoms with van der Waals surface area (Å²) in [6.45, 7) is 10.6. The molecular weight excluding hydrogens is 456 g/mol. The molecule has 0 saturated heterocycles. The first-order chi connectivity index (χ1) is 9.62. The highest BCUT2D eigenvalue weighted by molar-refractivity contribution is 9.38. The number of halogens is 3. The first-order valence-electron chi connectivity index (χ1n) is 6.80. The van der Waals surface area contributed by atoms with Crippen molar-refractivity contribution in [2.24, 2.45) is 0 Å². The maximum absolute atomic E-state index is 3.53. The molecule has 0 fully saturated rings. The van der Waals surface area contributed by atoms with Gasteiger partial charge in [-0.1, -0.05) is 95.3 Å². The van der Waals surface area contributed by atoms with Gasteiger partial charge in [0.1, 0.15) is 0 Å². The first-order valence-corrected chi connectivity index (χ1v) is 9.18. The zero-order valence-corrected chi connectivity index (χ0v) is 17.9. The summed E-state index contributed by atoms with van der Waals surface area (Å²) in [6, 6.07) is 12.7. The molecule has 21 heavy (non-hydrogen) atoms. The molecule has 0 aliphatic carbocycles. The van der Waals surface area contributed by atoms with Crippen LogP contribution in [0.15, 0.2) is 36.4 Å². The Morgan fingerprint density at radius 2 is 1.24 bits per heavy atom. The highest BCUT2D eigenvalue weighted by atomic mass is 80.0. The van der Waals surface area contributed by atoms with Gasteiger partial charge in [-0.2, -0.15) is 0 Å². The van der Waals surface area contributed by atoms with E-state index in [-0.39, 0.29) is 2.14 Å². The number of benzene rings is 2. The van der Waals surface area contributed by atoms with Crippen LogP contribution in [0, 0.1) is 34.6 Å². The second-order valence-electron chi connectivity index (χ2n) is 5.34. The van der Waals surface area contributed by atoms with Crippen molar-refractivity contribution < 1.29 is 0 Å².